The van der Waals surface area contributed by atoms with Crippen LogP contribution in [0.25, 0.3) is 11.1 Å². The molecule has 0 aliphatic heterocycles. The van der Waals surface area contributed by atoms with Gasteiger partial charge in [-0.3, -0.25) is 0 Å². The summed E-state index contributed by atoms with van der Waals surface area (Å²) in [5, 5.41) is 9.54. The highest BCUT2D eigenvalue weighted by Crippen LogP contribution is 2.27. The van der Waals surface area contributed by atoms with Crippen LogP contribution in [-0.2, 0) is 5.75 Å². The quantitative estimate of drug-likeness (QED) is 0.587. The lowest BCUT2D eigenvalue weighted by Gasteiger charge is -1.99. The lowest BCUT2D eigenvalue weighted by molar-refractivity contribution is 0.489. The van der Waals surface area contributed by atoms with E-state index in [1.807, 2.05) is 18.2 Å². The predicted octanol–water partition coefficient (Wildman–Crippen LogP) is 2.97. The summed E-state index contributed by atoms with van der Waals surface area (Å²) < 4.78 is 5.61. The van der Waals surface area contributed by atoms with Gasteiger partial charge in [0.25, 0.3) is 5.22 Å². The molecule has 0 aliphatic rings. The molecular formula is C14H10N4OS. The van der Waals surface area contributed by atoms with E-state index in [1.54, 1.807) is 18.3 Å². The van der Waals surface area contributed by atoms with Crippen molar-refractivity contribution in [3.8, 4) is 6.07 Å². The summed E-state index contributed by atoms with van der Waals surface area (Å²) in [6.07, 6.45) is 1.61. The Morgan fingerprint density at radius 3 is 3.10 bits per heavy atom. The molecule has 0 bridgehead atoms. The van der Waals surface area contributed by atoms with Crippen LogP contribution in [0.4, 0.5) is 5.69 Å². The van der Waals surface area contributed by atoms with E-state index < -0.39 is 0 Å². The van der Waals surface area contributed by atoms with Gasteiger partial charge in [0, 0.05) is 23.7 Å². The predicted molar refractivity (Wildman–Crippen MR) is 76.9 cm³/mol. The van der Waals surface area contributed by atoms with Crippen LogP contribution in [0, 0.1) is 11.3 Å². The Hall–Kier alpha value is -2.52. The van der Waals surface area contributed by atoms with E-state index >= 15 is 0 Å². The molecule has 20 heavy (non-hydrogen) atoms. The van der Waals surface area contributed by atoms with Crippen LogP contribution >= 0.6 is 11.8 Å². The number of nitrogen functional groups attached to an aromatic ring is 1. The first-order valence-electron chi connectivity index (χ1n) is 5.89. The average molecular weight is 282 g/mol. The van der Waals surface area contributed by atoms with Gasteiger partial charge in [0.2, 0.25) is 0 Å². The molecule has 2 N–H and O–H groups in total. The minimum absolute atomic E-state index is 0.431. The number of thioether (sulfide) groups is 1. The third-order valence-corrected chi connectivity index (χ3v) is 3.62. The van der Waals surface area contributed by atoms with Gasteiger partial charge in [0.05, 0.1) is 0 Å². The molecule has 3 rings (SSSR count). The number of oxazole rings is 1. The Kier molecular flexibility index (Phi) is 3.27. The standard InChI is InChI=1S/C14H10N4OS/c15-7-12-9(2-1-5-17-12)8-20-14-18-11-4-3-10(16)6-13(11)19-14/h1-6H,8,16H2. The molecule has 0 atom stereocenters. The first-order chi connectivity index (χ1) is 9.76. The van der Waals surface area contributed by atoms with Gasteiger partial charge in [-0.2, -0.15) is 5.26 Å². The summed E-state index contributed by atoms with van der Waals surface area (Å²) in [6.45, 7) is 0. The van der Waals surface area contributed by atoms with Crippen LogP contribution in [0.3, 0.4) is 0 Å². The van der Waals surface area contributed by atoms with E-state index in [0.29, 0.717) is 27.9 Å². The maximum atomic E-state index is 8.99. The minimum Gasteiger partial charge on any atom is -0.431 e. The molecule has 98 valence electrons. The molecule has 2 aromatic heterocycles. The van der Waals surface area contributed by atoms with Gasteiger partial charge in [0.15, 0.2) is 5.58 Å². The molecule has 0 unspecified atom stereocenters. The number of fused-ring (bicyclic) bond motifs is 1. The topological polar surface area (TPSA) is 88.7 Å². The van der Waals surface area contributed by atoms with Crippen LogP contribution < -0.4 is 5.73 Å². The van der Waals surface area contributed by atoms with Crippen LogP contribution in [0.1, 0.15) is 11.3 Å². The van der Waals surface area contributed by atoms with E-state index in [9.17, 15) is 0 Å². The molecule has 0 saturated carbocycles. The number of nitrogens with zero attached hydrogens (tertiary/aromatic N) is 3. The second-order valence-corrected chi connectivity index (χ2v) is 5.05. The minimum atomic E-state index is 0.431. The van der Waals surface area contributed by atoms with Crippen molar-refractivity contribution in [2.75, 3.05) is 5.73 Å². The number of rotatable bonds is 3. The van der Waals surface area contributed by atoms with Gasteiger partial charge in [0.1, 0.15) is 17.3 Å². The Morgan fingerprint density at radius 2 is 2.25 bits per heavy atom. The fourth-order valence-corrected chi connectivity index (χ4v) is 2.60. The molecule has 1 aromatic carbocycles. The number of hydrogen-bond donors (Lipinski definition) is 1. The first kappa shape index (κ1) is 12.5. The monoisotopic (exact) mass is 282 g/mol. The van der Waals surface area contributed by atoms with E-state index in [-0.39, 0.29) is 0 Å². The smallest absolute Gasteiger partial charge is 0.257 e. The van der Waals surface area contributed by atoms with Crippen molar-refractivity contribution in [3.63, 3.8) is 0 Å². The molecular weight excluding hydrogens is 272 g/mol. The van der Waals surface area contributed by atoms with Crippen molar-refractivity contribution in [2.45, 2.75) is 11.0 Å². The lowest BCUT2D eigenvalue weighted by atomic mass is 10.2. The van der Waals surface area contributed by atoms with Crippen LogP contribution in [0.2, 0.25) is 0 Å². The zero-order chi connectivity index (χ0) is 13.9. The highest BCUT2D eigenvalue weighted by molar-refractivity contribution is 7.98. The summed E-state index contributed by atoms with van der Waals surface area (Å²) in [4.78, 5) is 8.38. The van der Waals surface area contributed by atoms with Gasteiger partial charge < -0.3 is 10.2 Å². The van der Waals surface area contributed by atoms with Gasteiger partial charge in [-0.1, -0.05) is 17.8 Å². The number of aromatic nitrogens is 2. The van der Waals surface area contributed by atoms with Gasteiger partial charge in [-0.15, -0.1) is 0 Å². The van der Waals surface area contributed by atoms with Gasteiger partial charge in [-0.05, 0) is 23.8 Å². The van der Waals surface area contributed by atoms with Crippen LogP contribution in [-0.4, -0.2) is 9.97 Å². The molecule has 0 spiro atoms. The maximum Gasteiger partial charge on any atom is 0.257 e. The molecule has 0 radical (unpaired) electrons. The van der Waals surface area contributed by atoms with Crippen molar-refractivity contribution in [2.24, 2.45) is 0 Å². The summed E-state index contributed by atoms with van der Waals surface area (Å²) in [6, 6.07) is 11.1. The summed E-state index contributed by atoms with van der Waals surface area (Å²) in [5.41, 5.74) is 9.07. The summed E-state index contributed by atoms with van der Waals surface area (Å²) in [5.74, 6) is 0.582. The SMILES string of the molecule is N#Cc1ncccc1CSc1nc2ccc(N)cc2o1. The van der Waals surface area contributed by atoms with Crippen molar-refractivity contribution >= 4 is 28.5 Å². The Balaban J connectivity index is 1.82. The molecule has 0 fully saturated rings. The zero-order valence-corrected chi connectivity index (χ0v) is 11.2. The summed E-state index contributed by atoms with van der Waals surface area (Å²) >= 11 is 1.42. The number of nitriles is 1. The van der Waals surface area contributed by atoms with E-state index in [0.717, 1.165) is 11.1 Å². The van der Waals surface area contributed by atoms with E-state index in [2.05, 4.69) is 16.0 Å². The van der Waals surface area contributed by atoms with Crippen molar-refractivity contribution in [3.05, 3.63) is 47.8 Å². The highest BCUT2D eigenvalue weighted by atomic mass is 32.2. The fourth-order valence-electron chi connectivity index (χ4n) is 1.78. The number of pyridine rings is 1. The Labute approximate surface area is 119 Å². The molecule has 2 heterocycles. The Morgan fingerprint density at radius 1 is 1.35 bits per heavy atom. The molecule has 0 aliphatic carbocycles. The summed E-state index contributed by atoms with van der Waals surface area (Å²) in [7, 11) is 0. The van der Waals surface area contributed by atoms with Crippen LogP contribution in [0.15, 0.2) is 46.2 Å². The van der Waals surface area contributed by atoms with Gasteiger partial charge >= 0.3 is 0 Å². The van der Waals surface area contributed by atoms with Crippen LogP contribution in [0.5, 0.6) is 0 Å². The van der Waals surface area contributed by atoms with E-state index in [4.69, 9.17) is 15.4 Å². The third-order valence-electron chi connectivity index (χ3n) is 2.74. The van der Waals surface area contributed by atoms with Crippen molar-refractivity contribution in [1.82, 2.24) is 9.97 Å². The zero-order valence-electron chi connectivity index (χ0n) is 10.4. The molecule has 5 nitrogen and oxygen atoms in total. The normalized spacial score (nSPS) is 10.6. The second-order valence-electron chi connectivity index (χ2n) is 4.12. The fraction of sp³-hybridized carbons (Fsp3) is 0.0714. The second kappa shape index (κ2) is 5.23. The Bertz CT molecular complexity index is 806. The number of hydrogen-bond acceptors (Lipinski definition) is 6. The number of nitrogens with two attached hydrogens (primary N) is 1. The maximum absolute atomic E-state index is 8.99. The average Bonchev–Trinajstić information content (AvgIpc) is 2.87. The largest absolute Gasteiger partial charge is 0.431 e. The molecule has 0 amide bonds. The molecule has 3 aromatic rings. The van der Waals surface area contributed by atoms with Crippen molar-refractivity contribution < 1.29 is 4.42 Å². The lowest BCUT2D eigenvalue weighted by Crippen LogP contribution is -1.90. The highest BCUT2D eigenvalue weighted by Gasteiger charge is 2.09. The van der Waals surface area contributed by atoms with E-state index in [1.165, 1.54) is 11.8 Å². The molecule has 0 saturated heterocycles. The van der Waals surface area contributed by atoms with Crippen molar-refractivity contribution in [1.29, 1.82) is 5.26 Å². The third kappa shape index (κ3) is 2.44. The first-order valence-corrected chi connectivity index (χ1v) is 6.87. The number of anilines is 1. The number of benzene rings is 1. The molecule has 6 heteroatoms. The van der Waals surface area contributed by atoms with Gasteiger partial charge in [-0.25, -0.2) is 9.97 Å².